The van der Waals surface area contributed by atoms with Crippen LogP contribution in [0, 0.1) is 18.8 Å². The van der Waals surface area contributed by atoms with Crippen LogP contribution in [0.1, 0.15) is 16.7 Å². The highest BCUT2D eigenvalue weighted by Gasteiger charge is 2.09. The average molecular weight is 275 g/mol. The third kappa shape index (κ3) is 2.52. The molecule has 0 amide bonds. The molecule has 3 rings (SSSR count). The van der Waals surface area contributed by atoms with E-state index in [0.717, 1.165) is 16.5 Å². The lowest BCUT2D eigenvalue weighted by molar-refractivity contribution is 0.557. The summed E-state index contributed by atoms with van der Waals surface area (Å²) in [5, 5.41) is 0.848. The van der Waals surface area contributed by atoms with Crippen molar-refractivity contribution in [1.29, 1.82) is 0 Å². The molecule has 0 atom stereocenters. The van der Waals surface area contributed by atoms with Gasteiger partial charge in [-0.25, -0.2) is 4.79 Å². The highest BCUT2D eigenvalue weighted by Crippen LogP contribution is 2.21. The van der Waals surface area contributed by atoms with Crippen LogP contribution in [-0.2, 0) is 0 Å². The van der Waals surface area contributed by atoms with E-state index in [2.05, 4.69) is 11.8 Å². The van der Waals surface area contributed by atoms with E-state index in [1.54, 1.807) is 12.1 Å². The summed E-state index contributed by atoms with van der Waals surface area (Å²) in [6.07, 6.45) is 0. The summed E-state index contributed by atoms with van der Waals surface area (Å²) >= 11 is 0. The Balaban J connectivity index is 2.18. The lowest BCUT2D eigenvalue weighted by Gasteiger charge is -2.03. The van der Waals surface area contributed by atoms with Crippen molar-refractivity contribution < 1.29 is 4.42 Å². The fourth-order valence-corrected chi connectivity index (χ4v) is 2.17. The zero-order valence-electron chi connectivity index (χ0n) is 11.5. The fraction of sp³-hybridized carbons (Fsp3) is 0.0556. The van der Waals surface area contributed by atoms with E-state index in [-0.39, 0.29) is 0 Å². The highest BCUT2D eigenvalue weighted by atomic mass is 16.4. The number of anilines is 1. The number of rotatable bonds is 0. The summed E-state index contributed by atoms with van der Waals surface area (Å²) in [5.74, 6) is 5.90. The number of nitrogen functional groups attached to an aromatic ring is 1. The molecule has 3 aromatic rings. The van der Waals surface area contributed by atoms with Crippen LogP contribution in [0.2, 0.25) is 0 Å². The molecule has 2 N–H and O–H groups in total. The van der Waals surface area contributed by atoms with Crippen molar-refractivity contribution in [1.82, 2.24) is 0 Å². The minimum atomic E-state index is -0.436. The molecule has 21 heavy (non-hydrogen) atoms. The van der Waals surface area contributed by atoms with Crippen LogP contribution in [0.4, 0.5) is 5.69 Å². The zero-order valence-corrected chi connectivity index (χ0v) is 11.5. The Morgan fingerprint density at radius 3 is 2.57 bits per heavy atom. The van der Waals surface area contributed by atoms with Gasteiger partial charge in [0.1, 0.15) is 11.1 Å². The molecule has 1 heterocycles. The topological polar surface area (TPSA) is 56.2 Å². The molecule has 0 radical (unpaired) electrons. The first-order valence-corrected chi connectivity index (χ1v) is 6.55. The van der Waals surface area contributed by atoms with Crippen molar-refractivity contribution >= 4 is 16.7 Å². The third-order valence-electron chi connectivity index (χ3n) is 3.30. The van der Waals surface area contributed by atoms with Gasteiger partial charge in [-0.2, -0.15) is 0 Å². The van der Waals surface area contributed by atoms with Crippen LogP contribution < -0.4 is 11.4 Å². The lowest BCUT2D eigenvalue weighted by Crippen LogP contribution is -2.07. The van der Waals surface area contributed by atoms with Crippen molar-refractivity contribution in [2.75, 3.05) is 5.73 Å². The number of nitrogens with two attached hydrogens (primary N) is 1. The maximum atomic E-state index is 12.1. The Hall–Kier alpha value is -2.99. The summed E-state index contributed by atoms with van der Waals surface area (Å²) in [6, 6.07) is 14.8. The summed E-state index contributed by atoms with van der Waals surface area (Å²) < 4.78 is 5.30. The molecule has 0 aliphatic rings. The summed E-state index contributed by atoms with van der Waals surface area (Å²) in [5.41, 5.74) is 8.37. The zero-order chi connectivity index (χ0) is 14.8. The van der Waals surface area contributed by atoms with Gasteiger partial charge in [-0.1, -0.05) is 30.0 Å². The minimum absolute atomic E-state index is 0.385. The van der Waals surface area contributed by atoms with E-state index in [9.17, 15) is 4.79 Å². The molecular formula is C18H13NO2. The maximum Gasteiger partial charge on any atom is 0.352 e. The summed E-state index contributed by atoms with van der Waals surface area (Å²) in [4.78, 5) is 12.1. The molecule has 3 nitrogen and oxygen atoms in total. The largest absolute Gasteiger partial charge is 0.422 e. The molecule has 0 saturated carbocycles. The van der Waals surface area contributed by atoms with Gasteiger partial charge in [0.25, 0.3) is 0 Å². The fourth-order valence-electron chi connectivity index (χ4n) is 2.17. The molecular weight excluding hydrogens is 262 g/mol. The molecule has 0 aliphatic carbocycles. The van der Waals surface area contributed by atoms with Gasteiger partial charge in [-0.15, -0.1) is 0 Å². The Kier molecular flexibility index (Phi) is 3.21. The van der Waals surface area contributed by atoms with Crippen LogP contribution in [0.15, 0.2) is 57.7 Å². The van der Waals surface area contributed by atoms with Crippen molar-refractivity contribution in [2.24, 2.45) is 0 Å². The van der Waals surface area contributed by atoms with Crippen molar-refractivity contribution in [3.05, 3.63) is 75.6 Å². The van der Waals surface area contributed by atoms with Gasteiger partial charge in [-0.05, 0) is 36.8 Å². The maximum absolute atomic E-state index is 12.1. The third-order valence-corrected chi connectivity index (χ3v) is 3.30. The molecule has 0 saturated heterocycles. The molecule has 102 valence electrons. The molecule has 2 aromatic carbocycles. The molecule has 0 unspecified atom stereocenters. The van der Waals surface area contributed by atoms with Gasteiger partial charge < -0.3 is 10.2 Å². The number of hydrogen-bond acceptors (Lipinski definition) is 3. The smallest absolute Gasteiger partial charge is 0.352 e. The number of fused-ring (bicyclic) bond motifs is 1. The van der Waals surface area contributed by atoms with Gasteiger partial charge in [0.05, 0.1) is 0 Å². The van der Waals surface area contributed by atoms with Crippen LogP contribution in [0.25, 0.3) is 11.0 Å². The predicted octanol–water partition coefficient (Wildman–Crippen LogP) is 3.08. The molecule has 0 spiro atoms. The van der Waals surface area contributed by atoms with Gasteiger partial charge in [0.2, 0.25) is 0 Å². The first-order valence-electron chi connectivity index (χ1n) is 6.55. The van der Waals surface area contributed by atoms with E-state index in [0.29, 0.717) is 16.8 Å². The second-order valence-electron chi connectivity index (χ2n) is 4.76. The van der Waals surface area contributed by atoms with Gasteiger partial charge in [-0.3, -0.25) is 0 Å². The van der Waals surface area contributed by atoms with E-state index in [4.69, 9.17) is 10.2 Å². The molecule has 0 fully saturated rings. The number of hydrogen-bond donors (Lipinski definition) is 1. The Labute approximate surface area is 122 Å². The standard InChI is InChI=1S/C18H13NO2/c1-12-15-10-8-14(19)11-17(15)21-18(20)16(12)9-7-13-5-3-2-4-6-13/h2-6,8,10-11H,19H2,1H3. The van der Waals surface area contributed by atoms with E-state index >= 15 is 0 Å². The average Bonchev–Trinajstić information content (AvgIpc) is 2.47. The molecule has 3 heteroatoms. The second-order valence-corrected chi connectivity index (χ2v) is 4.76. The van der Waals surface area contributed by atoms with Crippen molar-refractivity contribution in [2.45, 2.75) is 6.92 Å². The number of aryl methyl sites for hydroxylation is 1. The first-order chi connectivity index (χ1) is 10.1. The molecule has 0 aliphatic heterocycles. The minimum Gasteiger partial charge on any atom is -0.422 e. The summed E-state index contributed by atoms with van der Waals surface area (Å²) in [7, 11) is 0. The monoisotopic (exact) mass is 275 g/mol. The highest BCUT2D eigenvalue weighted by molar-refractivity contribution is 5.84. The normalized spacial score (nSPS) is 10.1. The van der Waals surface area contributed by atoms with E-state index < -0.39 is 5.63 Å². The van der Waals surface area contributed by atoms with Gasteiger partial charge in [0, 0.05) is 22.7 Å². The van der Waals surface area contributed by atoms with E-state index in [1.807, 2.05) is 43.3 Å². The van der Waals surface area contributed by atoms with Crippen LogP contribution in [-0.4, -0.2) is 0 Å². The van der Waals surface area contributed by atoms with Crippen LogP contribution in [0.5, 0.6) is 0 Å². The van der Waals surface area contributed by atoms with Gasteiger partial charge >= 0.3 is 5.63 Å². The Bertz CT molecular complexity index is 928. The lowest BCUT2D eigenvalue weighted by atomic mass is 10.1. The van der Waals surface area contributed by atoms with Crippen LogP contribution >= 0.6 is 0 Å². The van der Waals surface area contributed by atoms with Crippen LogP contribution in [0.3, 0.4) is 0 Å². The second kappa shape index (κ2) is 5.18. The Morgan fingerprint density at radius 1 is 1.05 bits per heavy atom. The quantitative estimate of drug-likeness (QED) is 0.389. The molecule has 1 aromatic heterocycles. The number of benzene rings is 2. The Morgan fingerprint density at radius 2 is 1.81 bits per heavy atom. The predicted molar refractivity (Wildman–Crippen MR) is 84.1 cm³/mol. The SMILES string of the molecule is Cc1c(C#Cc2ccccc2)c(=O)oc2cc(N)ccc12. The summed E-state index contributed by atoms with van der Waals surface area (Å²) in [6.45, 7) is 1.87. The van der Waals surface area contributed by atoms with Crippen molar-refractivity contribution in [3.63, 3.8) is 0 Å². The molecule has 0 bridgehead atoms. The van der Waals surface area contributed by atoms with E-state index in [1.165, 1.54) is 0 Å². The first kappa shape index (κ1) is 13.0. The van der Waals surface area contributed by atoms with Gasteiger partial charge in [0.15, 0.2) is 0 Å². The van der Waals surface area contributed by atoms with Crippen molar-refractivity contribution in [3.8, 4) is 11.8 Å².